The fourth-order valence-electron chi connectivity index (χ4n) is 2.32. The van der Waals surface area contributed by atoms with E-state index in [1.54, 1.807) is 6.92 Å². The maximum Gasteiger partial charge on any atom is 0.335 e. The molecule has 0 spiro atoms. The largest absolute Gasteiger partial charge is 0.478 e. The number of rotatable bonds is 3. The van der Waals surface area contributed by atoms with E-state index in [4.69, 9.17) is 5.11 Å². The van der Waals surface area contributed by atoms with Crippen molar-refractivity contribution >= 4 is 31.9 Å². The van der Waals surface area contributed by atoms with Crippen LogP contribution in [0.25, 0.3) is 0 Å². The number of halogens is 1. The topological polar surface area (TPSA) is 94.9 Å². The number of nitrogens with zero attached hydrogens (tertiary/aromatic N) is 1. The van der Waals surface area contributed by atoms with Crippen molar-refractivity contribution in [1.29, 1.82) is 0 Å². The van der Waals surface area contributed by atoms with Gasteiger partial charge in [-0.3, -0.25) is 0 Å². The molecule has 0 radical (unpaired) electrons. The normalized spacial score (nSPS) is 20.4. The molecule has 0 amide bonds. The maximum absolute atomic E-state index is 12.7. The molecule has 6 nitrogen and oxygen atoms in total. The standard InChI is InChI=1S/C13H16BrNO5S/c1-8-11(14)5-9(13(17)18)6-12(8)21(19,20)15-4-2-3-10(16)7-15/h5-6,10,16H,2-4,7H2,1H3,(H,17,18)/t10-/m0/s1. The van der Waals surface area contributed by atoms with Crippen molar-refractivity contribution in [1.82, 2.24) is 4.31 Å². The number of carbonyl (C=O) groups is 1. The monoisotopic (exact) mass is 377 g/mol. The Kier molecular flexibility index (Phi) is 4.72. The first-order valence-electron chi connectivity index (χ1n) is 6.45. The minimum atomic E-state index is -3.82. The van der Waals surface area contributed by atoms with E-state index < -0.39 is 22.1 Å². The summed E-state index contributed by atoms with van der Waals surface area (Å²) in [5.41, 5.74) is 0.365. The van der Waals surface area contributed by atoms with E-state index >= 15 is 0 Å². The summed E-state index contributed by atoms with van der Waals surface area (Å²) in [7, 11) is -3.82. The van der Waals surface area contributed by atoms with E-state index in [1.807, 2.05) is 0 Å². The van der Waals surface area contributed by atoms with Crippen LogP contribution in [0, 0.1) is 6.92 Å². The zero-order chi connectivity index (χ0) is 15.8. The van der Waals surface area contributed by atoms with Crippen LogP contribution in [0.2, 0.25) is 0 Å². The number of benzene rings is 1. The average Bonchev–Trinajstić information content (AvgIpc) is 2.41. The van der Waals surface area contributed by atoms with Gasteiger partial charge in [-0.05, 0) is 37.5 Å². The number of aliphatic hydroxyl groups excluding tert-OH is 1. The third-order valence-corrected chi connectivity index (χ3v) is 6.34. The summed E-state index contributed by atoms with van der Waals surface area (Å²) in [5, 5.41) is 18.7. The molecule has 0 unspecified atom stereocenters. The third-order valence-electron chi connectivity index (χ3n) is 3.52. The molecule has 2 rings (SSSR count). The van der Waals surface area contributed by atoms with Gasteiger partial charge in [0.2, 0.25) is 10.0 Å². The molecular weight excluding hydrogens is 362 g/mol. The molecule has 1 aliphatic heterocycles. The molecule has 21 heavy (non-hydrogen) atoms. The molecule has 1 saturated heterocycles. The summed E-state index contributed by atoms with van der Waals surface area (Å²) in [6.45, 7) is 1.98. The number of carboxylic acid groups (broad SMARTS) is 1. The molecule has 1 aromatic carbocycles. The summed E-state index contributed by atoms with van der Waals surface area (Å²) in [6.07, 6.45) is 0.475. The summed E-state index contributed by atoms with van der Waals surface area (Å²) in [5.74, 6) is -1.19. The molecule has 116 valence electrons. The van der Waals surface area contributed by atoms with Gasteiger partial charge in [-0.25, -0.2) is 13.2 Å². The van der Waals surface area contributed by atoms with Gasteiger partial charge < -0.3 is 10.2 Å². The van der Waals surface area contributed by atoms with Gasteiger partial charge in [0, 0.05) is 17.6 Å². The number of aliphatic hydroxyl groups is 1. The molecule has 0 aromatic heterocycles. The highest BCUT2D eigenvalue weighted by Crippen LogP contribution is 2.29. The van der Waals surface area contributed by atoms with E-state index in [0.29, 0.717) is 29.4 Å². The van der Waals surface area contributed by atoms with Crippen LogP contribution in [0.3, 0.4) is 0 Å². The number of hydrogen-bond donors (Lipinski definition) is 2. The molecule has 1 atom stereocenters. The highest BCUT2D eigenvalue weighted by molar-refractivity contribution is 9.10. The minimum Gasteiger partial charge on any atom is -0.478 e. The van der Waals surface area contributed by atoms with Gasteiger partial charge in [0.05, 0.1) is 16.6 Å². The molecule has 8 heteroatoms. The van der Waals surface area contributed by atoms with Gasteiger partial charge in [0.15, 0.2) is 0 Å². The lowest BCUT2D eigenvalue weighted by Crippen LogP contribution is -2.42. The molecule has 1 heterocycles. The molecular formula is C13H16BrNO5S. The van der Waals surface area contributed by atoms with Crippen LogP contribution in [-0.2, 0) is 10.0 Å². The Hall–Kier alpha value is -0.960. The lowest BCUT2D eigenvalue weighted by molar-refractivity contribution is 0.0696. The van der Waals surface area contributed by atoms with Crippen molar-refractivity contribution in [3.05, 3.63) is 27.7 Å². The van der Waals surface area contributed by atoms with Crippen molar-refractivity contribution in [2.45, 2.75) is 30.8 Å². The number of carboxylic acids is 1. The van der Waals surface area contributed by atoms with E-state index in [2.05, 4.69) is 15.9 Å². The number of aromatic carboxylic acids is 1. The van der Waals surface area contributed by atoms with Crippen LogP contribution >= 0.6 is 15.9 Å². The summed E-state index contributed by atoms with van der Waals surface area (Å²) in [6, 6.07) is 2.54. The van der Waals surface area contributed by atoms with Crippen molar-refractivity contribution < 1.29 is 23.4 Å². The van der Waals surface area contributed by atoms with Crippen LogP contribution in [0.15, 0.2) is 21.5 Å². The van der Waals surface area contributed by atoms with Crippen LogP contribution in [0.1, 0.15) is 28.8 Å². The Balaban J connectivity index is 2.51. The summed E-state index contributed by atoms with van der Waals surface area (Å²) in [4.78, 5) is 11.1. The molecule has 1 aliphatic rings. The zero-order valence-electron chi connectivity index (χ0n) is 11.4. The highest BCUT2D eigenvalue weighted by Gasteiger charge is 2.31. The molecule has 0 bridgehead atoms. The number of piperidine rings is 1. The van der Waals surface area contributed by atoms with Gasteiger partial charge in [-0.1, -0.05) is 15.9 Å². The minimum absolute atomic E-state index is 0.0384. The van der Waals surface area contributed by atoms with Crippen LogP contribution in [-0.4, -0.2) is 48.1 Å². The first kappa shape index (κ1) is 16.4. The van der Waals surface area contributed by atoms with E-state index in [9.17, 15) is 18.3 Å². The zero-order valence-corrected chi connectivity index (χ0v) is 13.8. The highest BCUT2D eigenvalue weighted by atomic mass is 79.9. The predicted molar refractivity (Wildman–Crippen MR) is 79.8 cm³/mol. The SMILES string of the molecule is Cc1c(Br)cc(C(=O)O)cc1S(=O)(=O)N1CCC[C@H](O)C1. The molecule has 2 N–H and O–H groups in total. The number of hydrogen-bond acceptors (Lipinski definition) is 4. The molecule has 1 aromatic rings. The maximum atomic E-state index is 12.7. The smallest absolute Gasteiger partial charge is 0.335 e. The Morgan fingerprint density at radius 3 is 2.67 bits per heavy atom. The van der Waals surface area contributed by atoms with Crippen molar-refractivity contribution in [3.8, 4) is 0 Å². The second-order valence-corrected chi connectivity index (χ2v) is 7.81. The average molecular weight is 378 g/mol. The quantitative estimate of drug-likeness (QED) is 0.833. The summed E-state index contributed by atoms with van der Waals surface area (Å²) < 4.78 is 27.0. The lowest BCUT2D eigenvalue weighted by Gasteiger charge is -2.29. The van der Waals surface area contributed by atoms with Crippen LogP contribution in [0.4, 0.5) is 0 Å². The second-order valence-electron chi connectivity index (χ2n) is 5.05. The predicted octanol–water partition coefficient (Wildman–Crippen LogP) is 1.60. The van der Waals surface area contributed by atoms with Crippen molar-refractivity contribution in [2.75, 3.05) is 13.1 Å². The summed E-state index contributed by atoms with van der Waals surface area (Å²) >= 11 is 3.20. The number of β-amino-alcohol motifs (C(OH)–C–C–N with tert-alkyl or cyclic N) is 1. The fourth-order valence-corrected chi connectivity index (χ4v) is 4.70. The van der Waals surface area contributed by atoms with Gasteiger partial charge in [-0.2, -0.15) is 4.31 Å². The molecule has 1 fully saturated rings. The van der Waals surface area contributed by atoms with Gasteiger partial charge in [0.25, 0.3) is 0 Å². The van der Waals surface area contributed by atoms with Crippen molar-refractivity contribution in [3.63, 3.8) is 0 Å². The Bertz CT molecular complexity index is 673. The van der Waals surface area contributed by atoms with Gasteiger partial charge >= 0.3 is 5.97 Å². The first-order chi connectivity index (χ1) is 9.73. The lowest BCUT2D eigenvalue weighted by atomic mass is 10.1. The fraction of sp³-hybridized carbons (Fsp3) is 0.462. The van der Waals surface area contributed by atoms with E-state index in [0.717, 1.165) is 0 Å². The molecule has 0 aliphatic carbocycles. The van der Waals surface area contributed by atoms with Crippen LogP contribution < -0.4 is 0 Å². The first-order valence-corrected chi connectivity index (χ1v) is 8.68. The molecule has 0 saturated carbocycles. The number of sulfonamides is 1. The second kappa shape index (κ2) is 6.04. The Morgan fingerprint density at radius 2 is 2.10 bits per heavy atom. The van der Waals surface area contributed by atoms with Gasteiger partial charge in [-0.15, -0.1) is 0 Å². The Morgan fingerprint density at radius 1 is 1.43 bits per heavy atom. The van der Waals surface area contributed by atoms with E-state index in [1.165, 1.54) is 16.4 Å². The third kappa shape index (κ3) is 3.28. The Labute approximate surface area is 131 Å². The van der Waals surface area contributed by atoms with Crippen LogP contribution in [0.5, 0.6) is 0 Å². The van der Waals surface area contributed by atoms with Gasteiger partial charge in [0.1, 0.15) is 0 Å². The van der Waals surface area contributed by atoms with Crippen molar-refractivity contribution in [2.24, 2.45) is 0 Å². The van der Waals surface area contributed by atoms with E-state index in [-0.39, 0.29) is 17.0 Å².